The molecule has 1 amide bonds. The van der Waals surface area contributed by atoms with E-state index in [1.165, 1.54) is 0 Å². The van der Waals surface area contributed by atoms with Crippen LogP contribution < -0.4 is 0 Å². The van der Waals surface area contributed by atoms with Crippen LogP contribution in [-0.4, -0.2) is 30.4 Å². The van der Waals surface area contributed by atoms with Crippen molar-refractivity contribution in [3.8, 4) is 0 Å². The first-order valence-corrected chi connectivity index (χ1v) is 7.51. The van der Waals surface area contributed by atoms with Gasteiger partial charge in [0.2, 0.25) is 5.91 Å². The predicted octanol–water partition coefficient (Wildman–Crippen LogP) is 2.78. The maximum Gasteiger partial charge on any atom is 0.333 e. The molecule has 1 aliphatic rings. The summed E-state index contributed by atoms with van der Waals surface area (Å²) in [6.45, 7) is 3.81. The van der Waals surface area contributed by atoms with Crippen LogP contribution in [0.2, 0.25) is 0 Å². The average Bonchev–Trinajstić information content (AvgIpc) is 3.04. The van der Waals surface area contributed by atoms with Gasteiger partial charge in [-0.25, -0.2) is 4.79 Å². The Morgan fingerprint density at radius 1 is 1.60 bits per heavy atom. The Morgan fingerprint density at radius 3 is 2.95 bits per heavy atom. The lowest BCUT2D eigenvalue weighted by molar-refractivity contribution is -0.140. The molecule has 0 unspecified atom stereocenters. The van der Waals surface area contributed by atoms with Gasteiger partial charge in [0, 0.05) is 29.8 Å². The summed E-state index contributed by atoms with van der Waals surface area (Å²) in [5, 5.41) is 2.00. The summed E-state index contributed by atoms with van der Waals surface area (Å²) in [6, 6.07) is 4.02. The van der Waals surface area contributed by atoms with Crippen molar-refractivity contribution < 1.29 is 14.3 Å². The molecule has 0 saturated carbocycles. The molecule has 2 atom stereocenters. The molecule has 1 fully saturated rings. The predicted molar refractivity (Wildman–Crippen MR) is 78.3 cm³/mol. The monoisotopic (exact) mass is 293 g/mol. The second-order valence-electron chi connectivity index (χ2n) is 5.00. The highest BCUT2D eigenvalue weighted by molar-refractivity contribution is 7.10. The normalized spacial score (nSPS) is 23.2. The summed E-state index contributed by atoms with van der Waals surface area (Å²) in [5.41, 5.74) is 0.593. The fourth-order valence-electron chi connectivity index (χ4n) is 2.40. The highest BCUT2D eigenvalue weighted by atomic mass is 32.1. The Bertz CT molecular complexity index is 521. The smallest absolute Gasteiger partial charge is 0.333 e. The average molecular weight is 293 g/mol. The van der Waals surface area contributed by atoms with Crippen LogP contribution in [0.5, 0.6) is 0 Å². The van der Waals surface area contributed by atoms with Gasteiger partial charge in [-0.2, -0.15) is 0 Å². The molecule has 2 rings (SSSR count). The van der Waals surface area contributed by atoms with Crippen molar-refractivity contribution in [2.75, 3.05) is 13.7 Å². The molecule has 4 nitrogen and oxygen atoms in total. The minimum atomic E-state index is -0.306. The van der Waals surface area contributed by atoms with Crippen LogP contribution >= 0.6 is 11.3 Å². The highest BCUT2D eigenvalue weighted by Gasteiger charge is 2.39. The number of ether oxygens (including phenoxy) is 1. The number of hydrogen-bond donors (Lipinski definition) is 0. The van der Waals surface area contributed by atoms with E-state index >= 15 is 0 Å². The molecule has 0 radical (unpaired) electrons. The van der Waals surface area contributed by atoms with Gasteiger partial charge in [0.05, 0.1) is 12.6 Å². The lowest BCUT2D eigenvalue weighted by Gasteiger charge is -2.23. The van der Waals surface area contributed by atoms with E-state index < -0.39 is 0 Å². The van der Waals surface area contributed by atoms with Gasteiger partial charge in [0.15, 0.2) is 0 Å². The van der Waals surface area contributed by atoms with Gasteiger partial charge < -0.3 is 9.64 Å². The zero-order valence-corrected chi connectivity index (χ0v) is 12.8. The van der Waals surface area contributed by atoms with Crippen molar-refractivity contribution in [2.45, 2.75) is 26.3 Å². The molecule has 5 heteroatoms. The van der Waals surface area contributed by atoms with E-state index in [1.54, 1.807) is 36.2 Å². The third-order valence-corrected chi connectivity index (χ3v) is 4.66. The summed E-state index contributed by atoms with van der Waals surface area (Å²) >= 11 is 1.63. The Hall–Kier alpha value is -1.62. The minimum Gasteiger partial charge on any atom is -0.462 e. The molecular weight excluding hydrogens is 274 g/mol. The molecule has 2 heterocycles. The van der Waals surface area contributed by atoms with Crippen molar-refractivity contribution in [1.29, 1.82) is 0 Å². The van der Waals surface area contributed by atoms with Crippen molar-refractivity contribution >= 4 is 23.2 Å². The maximum atomic E-state index is 11.9. The van der Waals surface area contributed by atoms with Crippen LogP contribution in [0.3, 0.4) is 0 Å². The SMILES string of the molecule is C/C=C(\C)C(=O)OC[C@@H]1CC(=O)N(C)[C@@H]1c1cccs1. The standard InChI is InChI=1S/C15H19NO3S/c1-4-10(2)15(18)19-9-11-8-13(17)16(3)14(11)12-6-5-7-20-12/h4-7,11,14H,8-9H2,1-3H3/b10-4+/t11-,14-/m0/s1. The Balaban J connectivity index is 2.06. The fourth-order valence-corrected chi connectivity index (χ4v) is 3.36. The van der Waals surface area contributed by atoms with Crippen LogP contribution in [0.25, 0.3) is 0 Å². The van der Waals surface area contributed by atoms with Gasteiger partial charge in [-0.3, -0.25) is 4.79 Å². The minimum absolute atomic E-state index is 0.0150. The second-order valence-corrected chi connectivity index (χ2v) is 5.98. The molecule has 1 aromatic rings. The maximum absolute atomic E-state index is 11.9. The zero-order valence-electron chi connectivity index (χ0n) is 12.0. The van der Waals surface area contributed by atoms with E-state index in [0.717, 1.165) is 4.88 Å². The van der Waals surface area contributed by atoms with E-state index in [9.17, 15) is 9.59 Å². The molecule has 0 bridgehead atoms. The Labute approximate surface area is 123 Å². The first-order chi connectivity index (χ1) is 9.54. The fraction of sp³-hybridized carbons (Fsp3) is 0.467. The number of carbonyl (C=O) groups is 2. The van der Waals surface area contributed by atoms with E-state index in [4.69, 9.17) is 4.74 Å². The number of allylic oxidation sites excluding steroid dienone is 1. The lowest BCUT2D eigenvalue weighted by Crippen LogP contribution is -2.25. The largest absolute Gasteiger partial charge is 0.462 e. The Morgan fingerprint density at radius 2 is 2.35 bits per heavy atom. The number of rotatable bonds is 4. The van der Waals surface area contributed by atoms with Gasteiger partial charge >= 0.3 is 5.97 Å². The van der Waals surface area contributed by atoms with E-state index in [1.807, 2.05) is 24.6 Å². The summed E-state index contributed by atoms with van der Waals surface area (Å²) in [4.78, 5) is 26.5. The molecule has 1 aromatic heterocycles. The van der Waals surface area contributed by atoms with Gasteiger partial charge in [0.1, 0.15) is 0 Å². The first kappa shape index (κ1) is 14.8. The summed E-state index contributed by atoms with van der Waals surface area (Å²) in [6.07, 6.45) is 2.16. The van der Waals surface area contributed by atoms with Gasteiger partial charge in [-0.15, -0.1) is 11.3 Å². The highest BCUT2D eigenvalue weighted by Crippen LogP contribution is 2.39. The number of likely N-dealkylation sites (tertiary alicyclic amines) is 1. The first-order valence-electron chi connectivity index (χ1n) is 6.63. The molecule has 0 aromatic carbocycles. The van der Waals surface area contributed by atoms with E-state index in [2.05, 4.69) is 0 Å². The van der Waals surface area contributed by atoms with Gasteiger partial charge in [-0.1, -0.05) is 12.1 Å². The van der Waals surface area contributed by atoms with Crippen LogP contribution in [0.1, 0.15) is 31.2 Å². The quantitative estimate of drug-likeness (QED) is 0.633. The molecule has 0 N–H and O–H groups in total. The van der Waals surface area contributed by atoms with Crippen molar-refractivity contribution in [1.82, 2.24) is 4.90 Å². The number of nitrogens with zero attached hydrogens (tertiary/aromatic N) is 1. The summed E-state index contributed by atoms with van der Waals surface area (Å²) < 4.78 is 5.32. The Kier molecular flexibility index (Phi) is 4.60. The number of hydrogen-bond acceptors (Lipinski definition) is 4. The second kappa shape index (κ2) is 6.22. The van der Waals surface area contributed by atoms with Gasteiger partial charge in [-0.05, 0) is 25.3 Å². The van der Waals surface area contributed by atoms with Crippen LogP contribution in [0.15, 0.2) is 29.2 Å². The third-order valence-electron chi connectivity index (χ3n) is 3.71. The number of carbonyl (C=O) groups excluding carboxylic acids is 2. The molecule has 0 spiro atoms. The van der Waals surface area contributed by atoms with Crippen LogP contribution in [0.4, 0.5) is 0 Å². The van der Waals surface area contributed by atoms with Crippen molar-refractivity contribution in [3.05, 3.63) is 34.0 Å². The topological polar surface area (TPSA) is 46.6 Å². The zero-order chi connectivity index (χ0) is 14.7. The molecule has 108 valence electrons. The van der Waals surface area contributed by atoms with Gasteiger partial charge in [0.25, 0.3) is 0 Å². The molecular formula is C15H19NO3S. The van der Waals surface area contributed by atoms with E-state index in [0.29, 0.717) is 12.0 Å². The van der Waals surface area contributed by atoms with Crippen LogP contribution in [-0.2, 0) is 14.3 Å². The number of amides is 1. The third kappa shape index (κ3) is 2.93. The van der Waals surface area contributed by atoms with E-state index in [-0.39, 0.29) is 30.4 Å². The lowest BCUT2D eigenvalue weighted by atomic mass is 10.00. The van der Waals surface area contributed by atoms with Crippen LogP contribution in [0, 0.1) is 5.92 Å². The van der Waals surface area contributed by atoms with Crippen molar-refractivity contribution in [2.24, 2.45) is 5.92 Å². The molecule has 1 aliphatic heterocycles. The summed E-state index contributed by atoms with van der Waals surface area (Å²) in [7, 11) is 1.81. The van der Waals surface area contributed by atoms with Crippen molar-refractivity contribution in [3.63, 3.8) is 0 Å². The molecule has 1 saturated heterocycles. The number of thiophene rings is 1. The summed E-state index contributed by atoms with van der Waals surface area (Å²) in [5.74, 6) is -0.175. The molecule has 0 aliphatic carbocycles. The number of esters is 1. The molecule has 20 heavy (non-hydrogen) atoms.